The first kappa shape index (κ1) is 18.0. The van der Waals surface area contributed by atoms with Crippen molar-refractivity contribution in [2.75, 3.05) is 6.54 Å². The molecule has 1 N–H and O–H groups in total. The average molecular weight is 421 g/mol. The third kappa shape index (κ3) is 3.73. The van der Waals surface area contributed by atoms with Gasteiger partial charge in [0, 0.05) is 36.2 Å². The van der Waals surface area contributed by atoms with Gasteiger partial charge >= 0.3 is 0 Å². The van der Waals surface area contributed by atoms with Gasteiger partial charge in [0.05, 0.1) is 11.3 Å². The van der Waals surface area contributed by atoms with Gasteiger partial charge in [-0.1, -0.05) is 46.3 Å². The zero-order chi connectivity index (χ0) is 16.5. The fraction of sp³-hybridized carbons (Fsp3) is 0.211. The number of aromatic nitrogens is 2. The van der Waals surface area contributed by atoms with Crippen LogP contribution in [0.1, 0.15) is 16.8 Å². The second-order valence-corrected chi connectivity index (χ2v) is 7.05. The van der Waals surface area contributed by atoms with Gasteiger partial charge in [0.1, 0.15) is 0 Å². The molecule has 130 valence electrons. The topological polar surface area (TPSA) is 41.0 Å². The van der Waals surface area contributed by atoms with E-state index in [-0.39, 0.29) is 18.0 Å². The first-order valence-electron chi connectivity index (χ1n) is 8.06. The fourth-order valence-electron chi connectivity index (χ4n) is 3.21. The Hall–Kier alpha value is -1.82. The molecular formula is C19H19BrClN3O. The minimum Gasteiger partial charge on any atom is -0.295 e. The highest BCUT2D eigenvalue weighted by molar-refractivity contribution is 9.10. The van der Waals surface area contributed by atoms with E-state index in [2.05, 4.69) is 50.2 Å². The zero-order valence-corrected chi connectivity index (χ0v) is 16.0. The van der Waals surface area contributed by atoms with Crippen molar-refractivity contribution in [1.29, 1.82) is 0 Å². The van der Waals surface area contributed by atoms with E-state index in [0.717, 1.165) is 40.9 Å². The molecule has 1 aliphatic heterocycles. The Balaban J connectivity index is 0.00000182. The van der Waals surface area contributed by atoms with Crippen molar-refractivity contribution in [1.82, 2.24) is 14.7 Å². The first-order chi connectivity index (χ1) is 11.7. The van der Waals surface area contributed by atoms with Crippen molar-refractivity contribution in [3.8, 4) is 5.69 Å². The van der Waals surface area contributed by atoms with Crippen LogP contribution in [0.4, 0.5) is 0 Å². The summed E-state index contributed by atoms with van der Waals surface area (Å²) in [5, 5.41) is 3.28. The summed E-state index contributed by atoms with van der Waals surface area (Å²) >= 11 is 3.43. The third-order valence-corrected chi connectivity index (χ3v) is 4.99. The Labute approximate surface area is 161 Å². The van der Waals surface area contributed by atoms with Crippen LogP contribution in [0.2, 0.25) is 0 Å². The lowest BCUT2D eigenvalue weighted by Gasteiger charge is -2.25. The van der Waals surface area contributed by atoms with Gasteiger partial charge in [-0.25, -0.2) is 4.68 Å². The lowest BCUT2D eigenvalue weighted by molar-refractivity contribution is 0.244. The molecule has 3 aromatic rings. The Morgan fingerprint density at radius 2 is 1.76 bits per heavy atom. The molecule has 2 heterocycles. The predicted molar refractivity (Wildman–Crippen MR) is 106 cm³/mol. The molecule has 4 nitrogen and oxygen atoms in total. The predicted octanol–water partition coefficient (Wildman–Crippen LogP) is 3.91. The summed E-state index contributed by atoms with van der Waals surface area (Å²) in [7, 11) is 0. The smallest absolute Gasteiger partial charge is 0.275 e. The molecule has 0 amide bonds. The number of fused-ring (bicyclic) bond motifs is 1. The van der Waals surface area contributed by atoms with Gasteiger partial charge < -0.3 is 0 Å². The molecule has 0 unspecified atom stereocenters. The molecule has 0 spiro atoms. The van der Waals surface area contributed by atoms with Crippen LogP contribution in [0.5, 0.6) is 0 Å². The van der Waals surface area contributed by atoms with Gasteiger partial charge in [-0.2, -0.15) is 0 Å². The van der Waals surface area contributed by atoms with Gasteiger partial charge in [-0.15, -0.1) is 12.4 Å². The molecule has 0 saturated carbocycles. The van der Waals surface area contributed by atoms with Crippen molar-refractivity contribution in [2.45, 2.75) is 19.5 Å². The van der Waals surface area contributed by atoms with E-state index < -0.39 is 0 Å². The van der Waals surface area contributed by atoms with Gasteiger partial charge in [0.15, 0.2) is 0 Å². The van der Waals surface area contributed by atoms with Gasteiger partial charge in [-0.3, -0.25) is 14.8 Å². The van der Waals surface area contributed by atoms with Crippen LogP contribution in [0.25, 0.3) is 5.69 Å². The number of rotatable bonds is 3. The van der Waals surface area contributed by atoms with Crippen LogP contribution in [-0.4, -0.2) is 21.2 Å². The minimum atomic E-state index is 0. The summed E-state index contributed by atoms with van der Waals surface area (Å²) < 4.78 is 2.66. The second kappa shape index (κ2) is 7.60. The Bertz CT molecular complexity index is 903. The SMILES string of the molecule is Cl.O=c1c2c([nH]n1-c1ccc(Br)cc1)CCN(Cc1ccccc1)C2. The number of H-pyrrole nitrogens is 1. The molecule has 2 aromatic carbocycles. The molecule has 0 aliphatic carbocycles. The highest BCUT2D eigenvalue weighted by Crippen LogP contribution is 2.19. The van der Waals surface area contributed by atoms with E-state index in [1.807, 2.05) is 30.3 Å². The number of aromatic amines is 1. The quantitative estimate of drug-likeness (QED) is 0.698. The van der Waals surface area contributed by atoms with Crippen LogP contribution in [-0.2, 0) is 19.5 Å². The molecule has 0 saturated heterocycles. The summed E-state index contributed by atoms with van der Waals surface area (Å²) in [5.74, 6) is 0. The summed E-state index contributed by atoms with van der Waals surface area (Å²) in [5.41, 5.74) is 4.16. The van der Waals surface area contributed by atoms with E-state index in [1.54, 1.807) is 4.68 Å². The highest BCUT2D eigenvalue weighted by atomic mass is 79.9. The molecule has 25 heavy (non-hydrogen) atoms. The van der Waals surface area contributed by atoms with Gasteiger partial charge in [0.2, 0.25) is 0 Å². The van der Waals surface area contributed by atoms with Crippen molar-refractivity contribution >= 4 is 28.3 Å². The molecule has 1 aromatic heterocycles. The summed E-state index contributed by atoms with van der Waals surface area (Å²) in [6.45, 7) is 2.54. The monoisotopic (exact) mass is 419 g/mol. The minimum absolute atomic E-state index is 0. The second-order valence-electron chi connectivity index (χ2n) is 6.13. The lowest BCUT2D eigenvalue weighted by Crippen LogP contribution is -2.32. The lowest BCUT2D eigenvalue weighted by atomic mass is 10.1. The van der Waals surface area contributed by atoms with Crippen molar-refractivity contribution in [2.24, 2.45) is 0 Å². The molecule has 0 atom stereocenters. The fourth-order valence-corrected chi connectivity index (χ4v) is 3.47. The number of hydrogen-bond donors (Lipinski definition) is 1. The average Bonchev–Trinajstić information content (AvgIpc) is 2.93. The van der Waals surface area contributed by atoms with E-state index in [0.29, 0.717) is 6.54 Å². The van der Waals surface area contributed by atoms with Crippen LogP contribution in [0.3, 0.4) is 0 Å². The van der Waals surface area contributed by atoms with Gasteiger partial charge in [0.25, 0.3) is 5.56 Å². The Morgan fingerprint density at radius 3 is 2.48 bits per heavy atom. The van der Waals surface area contributed by atoms with Crippen molar-refractivity contribution in [3.05, 3.63) is 86.2 Å². The zero-order valence-electron chi connectivity index (χ0n) is 13.6. The number of hydrogen-bond acceptors (Lipinski definition) is 2. The standard InChI is InChI=1S/C19H18BrN3O.ClH/c20-15-6-8-16(9-7-15)23-19(24)17-13-22(11-10-18(17)21-23)12-14-4-2-1-3-5-14;/h1-9,21H,10-13H2;1H. The maximum Gasteiger partial charge on any atom is 0.275 e. The number of nitrogens with one attached hydrogen (secondary N) is 1. The molecule has 4 rings (SSSR count). The summed E-state index contributed by atoms with van der Waals surface area (Å²) in [6, 6.07) is 18.2. The van der Waals surface area contributed by atoms with Crippen LogP contribution in [0.15, 0.2) is 63.9 Å². The van der Waals surface area contributed by atoms with E-state index in [1.165, 1.54) is 5.56 Å². The van der Waals surface area contributed by atoms with E-state index in [4.69, 9.17) is 0 Å². The first-order valence-corrected chi connectivity index (χ1v) is 8.85. The van der Waals surface area contributed by atoms with Gasteiger partial charge in [-0.05, 0) is 29.8 Å². The number of nitrogens with zero attached hydrogens (tertiary/aromatic N) is 2. The van der Waals surface area contributed by atoms with E-state index in [9.17, 15) is 4.79 Å². The van der Waals surface area contributed by atoms with E-state index >= 15 is 0 Å². The van der Waals surface area contributed by atoms with Crippen molar-refractivity contribution in [3.63, 3.8) is 0 Å². The highest BCUT2D eigenvalue weighted by Gasteiger charge is 2.23. The Kier molecular flexibility index (Phi) is 5.47. The van der Waals surface area contributed by atoms with Crippen molar-refractivity contribution < 1.29 is 0 Å². The molecular weight excluding hydrogens is 402 g/mol. The molecule has 6 heteroatoms. The van der Waals surface area contributed by atoms with Crippen LogP contribution in [0, 0.1) is 0 Å². The molecule has 1 aliphatic rings. The number of benzene rings is 2. The molecule has 0 radical (unpaired) electrons. The maximum absolute atomic E-state index is 12.8. The maximum atomic E-state index is 12.8. The van der Waals surface area contributed by atoms with Crippen LogP contribution < -0.4 is 5.56 Å². The largest absolute Gasteiger partial charge is 0.295 e. The number of halogens is 2. The normalized spacial score (nSPS) is 14.0. The summed E-state index contributed by atoms with van der Waals surface area (Å²) in [6.07, 6.45) is 0.876. The Morgan fingerprint density at radius 1 is 1.04 bits per heavy atom. The molecule has 0 fully saturated rings. The third-order valence-electron chi connectivity index (χ3n) is 4.47. The van der Waals surface area contributed by atoms with Crippen LogP contribution >= 0.6 is 28.3 Å². The summed E-state index contributed by atoms with van der Waals surface area (Å²) in [4.78, 5) is 15.1. The molecule has 0 bridgehead atoms.